The minimum absolute atomic E-state index is 0. The topological polar surface area (TPSA) is 3.24 Å². The molecule has 0 N–H and O–H groups in total. The Kier molecular flexibility index (Phi) is 3.77. The van der Waals surface area contributed by atoms with Crippen LogP contribution < -0.4 is 4.90 Å². The summed E-state index contributed by atoms with van der Waals surface area (Å²) in [6, 6.07) is 23.3. The monoisotopic (exact) mass is 335 g/mol. The second-order valence-corrected chi connectivity index (χ2v) is 6.85. The van der Waals surface area contributed by atoms with Crippen LogP contribution in [0.2, 0.25) is 0 Å². The smallest absolute Gasteiger partial charge is 0.0414 e. The van der Waals surface area contributed by atoms with Gasteiger partial charge in [-0.05, 0) is 53.3 Å². The molecule has 2 atom stereocenters. The molecule has 2 bridgehead atoms. The lowest BCUT2D eigenvalue weighted by Crippen LogP contribution is -2.44. The Morgan fingerprint density at radius 2 is 1.75 bits per heavy atom. The summed E-state index contributed by atoms with van der Waals surface area (Å²) >= 11 is 0. The lowest BCUT2D eigenvalue weighted by molar-refractivity contribution is 0.472. The lowest BCUT2D eigenvalue weighted by Gasteiger charge is -2.46. The van der Waals surface area contributed by atoms with E-state index in [4.69, 9.17) is 0 Å². The van der Waals surface area contributed by atoms with Gasteiger partial charge in [0.05, 0.1) is 0 Å². The maximum absolute atomic E-state index is 2.63. The fourth-order valence-electron chi connectivity index (χ4n) is 4.83. The van der Waals surface area contributed by atoms with Gasteiger partial charge in [0.1, 0.15) is 0 Å². The molecule has 3 aromatic carbocycles. The lowest BCUT2D eigenvalue weighted by atomic mass is 9.71. The van der Waals surface area contributed by atoms with Crippen LogP contribution in [0.15, 0.2) is 60.7 Å². The first-order valence-corrected chi connectivity index (χ1v) is 8.73. The largest absolute Gasteiger partial charge is 0.368 e. The van der Waals surface area contributed by atoms with Gasteiger partial charge in [-0.2, -0.15) is 0 Å². The summed E-state index contributed by atoms with van der Waals surface area (Å²) in [6.07, 6.45) is 2.44. The van der Waals surface area contributed by atoms with Crippen LogP contribution in [0.3, 0.4) is 0 Å². The molecule has 0 aromatic heterocycles. The summed E-state index contributed by atoms with van der Waals surface area (Å²) in [5.74, 6) is 0.550. The van der Waals surface area contributed by atoms with Gasteiger partial charge in [-0.3, -0.25) is 0 Å². The first kappa shape index (κ1) is 15.5. The molecular formula is C22H22ClN. The molecule has 2 unspecified atom stereocenters. The molecule has 1 aliphatic heterocycles. The third-order valence-corrected chi connectivity index (χ3v) is 5.78. The van der Waals surface area contributed by atoms with E-state index in [1.54, 1.807) is 16.7 Å². The second kappa shape index (κ2) is 5.82. The first-order valence-electron chi connectivity index (χ1n) is 8.73. The molecule has 1 heterocycles. The standard InChI is InChI=1S/C22H21N.ClH/c1-2-23-17-13-16-8-4-5-9-18(16)20(14-17)22-19-10-6-3-7-15(19)11-12-21(22)23;/h3-12,17,20H,2,13-14H2,1H3;1H. The number of likely N-dealkylation sites (N-methyl/N-ethyl adjacent to an activating group) is 1. The molecule has 0 saturated carbocycles. The predicted octanol–water partition coefficient (Wildman–Crippen LogP) is 5.55. The van der Waals surface area contributed by atoms with Crippen LogP contribution >= 0.6 is 12.4 Å². The summed E-state index contributed by atoms with van der Waals surface area (Å²) in [4.78, 5) is 2.63. The Bertz CT molecular complexity index is 901. The van der Waals surface area contributed by atoms with Crippen LogP contribution in [0.4, 0.5) is 5.69 Å². The van der Waals surface area contributed by atoms with Crippen molar-refractivity contribution in [3.63, 3.8) is 0 Å². The van der Waals surface area contributed by atoms with Gasteiger partial charge in [-0.25, -0.2) is 0 Å². The Morgan fingerprint density at radius 3 is 2.62 bits per heavy atom. The Labute approximate surface area is 149 Å². The Morgan fingerprint density at radius 1 is 0.958 bits per heavy atom. The first-order chi connectivity index (χ1) is 11.4. The van der Waals surface area contributed by atoms with Gasteiger partial charge in [-0.1, -0.05) is 54.6 Å². The van der Waals surface area contributed by atoms with E-state index in [-0.39, 0.29) is 12.4 Å². The number of rotatable bonds is 1. The molecule has 122 valence electrons. The highest BCUT2D eigenvalue weighted by atomic mass is 35.5. The summed E-state index contributed by atoms with van der Waals surface area (Å²) in [5, 5.41) is 2.80. The van der Waals surface area contributed by atoms with E-state index in [2.05, 4.69) is 72.5 Å². The van der Waals surface area contributed by atoms with Crippen LogP contribution in [0.5, 0.6) is 0 Å². The van der Waals surface area contributed by atoms with Gasteiger partial charge < -0.3 is 4.90 Å². The third kappa shape index (κ3) is 2.08. The van der Waals surface area contributed by atoms with Crippen LogP contribution in [-0.2, 0) is 6.42 Å². The Balaban J connectivity index is 0.00000146. The molecule has 1 aliphatic carbocycles. The number of hydrogen-bond acceptors (Lipinski definition) is 1. The SMILES string of the molecule is CCN1c2ccc3ccccc3c2C2CC1Cc1ccccc12.Cl. The number of benzene rings is 3. The molecule has 24 heavy (non-hydrogen) atoms. The molecule has 2 aliphatic rings. The molecule has 0 fully saturated rings. The highest BCUT2D eigenvalue weighted by Gasteiger charge is 2.38. The summed E-state index contributed by atoms with van der Waals surface area (Å²) in [6.45, 7) is 3.38. The van der Waals surface area contributed by atoms with E-state index in [0.717, 1.165) is 6.54 Å². The highest BCUT2D eigenvalue weighted by molar-refractivity contribution is 5.92. The minimum Gasteiger partial charge on any atom is -0.368 e. The van der Waals surface area contributed by atoms with Crippen LogP contribution in [0, 0.1) is 0 Å². The van der Waals surface area contributed by atoms with Crippen molar-refractivity contribution in [1.82, 2.24) is 0 Å². The van der Waals surface area contributed by atoms with Crippen molar-refractivity contribution in [3.05, 3.63) is 77.4 Å². The summed E-state index contributed by atoms with van der Waals surface area (Å²) < 4.78 is 0. The van der Waals surface area contributed by atoms with E-state index in [9.17, 15) is 0 Å². The van der Waals surface area contributed by atoms with Gasteiger partial charge in [0.15, 0.2) is 0 Å². The molecule has 1 nitrogen and oxygen atoms in total. The number of hydrogen-bond donors (Lipinski definition) is 0. The zero-order valence-electron chi connectivity index (χ0n) is 13.9. The molecule has 3 aromatic rings. The van der Waals surface area contributed by atoms with Gasteiger partial charge in [-0.15, -0.1) is 12.4 Å². The third-order valence-electron chi connectivity index (χ3n) is 5.78. The molecule has 0 radical (unpaired) electrons. The van der Waals surface area contributed by atoms with Crippen molar-refractivity contribution in [2.75, 3.05) is 11.4 Å². The number of fused-ring (bicyclic) bond motifs is 8. The molecule has 0 amide bonds. The molecule has 0 saturated heterocycles. The Hall–Kier alpha value is -1.99. The average Bonchev–Trinajstić information content (AvgIpc) is 2.61. The number of halogens is 1. The second-order valence-electron chi connectivity index (χ2n) is 6.85. The quantitative estimate of drug-likeness (QED) is 0.563. The normalized spacial score (nSPS) is 21.0. The van der Waals surface area contributed by atoms with Gasteiger partial charge in [0, 0.05) is 24.2 Å². The maximum atomic E-state index is 2.63. The molecule has 2 heteroatoms. The van der Waals surface area contributed by atoms with E-state index < -0.39 is 0 Å². The van der Waals surface area contributed by atoms with Crippen LogP contribution in [0.25, 0.3) is 10.8 Å². The van der Waals surface area contributed by atoms with E-state index in [0.29, 0.717) is 12.0 Å². The van der Waals surface area contributed by atoms with E-state index in [1.165, 1.54) is 29.3 Å². The molecular weight excluding hydrogens is 314 g/mol. The molecule has 5 rings (SSSR count). The van der Waals surface area contributed by atoms with E-state index >= 15 is 0 Å². The fourth-order valence-corrected chi connectivity index (χ4v) is 4.83. The molecule has 0 spiro atoms. The van der Waals surface area contributed by atoms with Crippen LogP contribution in [0.1, 0.15) is 36.0 Å². The predicted molar refractivity (Wildman–Crippen MR) is 105 cm³/mol. The van der Waals surface area contributed by atoms with Crippen molar-refractivity contribution >= 4 is 28.9 Å². The van der Waals surface area contributed by atoms with Crippen molar-refractivity contribution in [3.8, 4) is 0 Å². The fraction of sp³-hybridized carbons (Fsp3) is 0.273. The highest BCUT2D eigenvalue weighted by Crippen LogP contribution is 2.49. The van der Waals surface area contributed by atoms with Crippen molar-refractivity contribution < 1.29 is 0 Å². The van der Waals surface area contributed by atoms with Gasteiger partial charge >= 0.3 is 0 Å². The average molecular weight is 336 g/mol. The van der Waals surface area contributed by atoms with Crippen LogP contribution in [-0.4, -0.2) is 12.6 Å². The zero-order chi connectivity index (χ0) is 15.4. The summed E-state index contributed by atoms with van der Waals surface area (Å²) in [5.41, 5.74) is 6.11. The minimum atomic E-state index is 0. The van der Waals surface area contributed by atoms with Crippen molar-refractivity contribution in [2.45, 2.75) is 31.7 Å². The number of anilines is 1. The van der Waals surface area contributed by atoms with Gasteiger partial charge in [0.2, 0.25) is 0 Å². The van der Waals surface area contributed by atoms with E-state index in [1.807, 2.05) is 0 Å². The van der Waals surface area contributed by atoms with Crippen molar-refractivity contribution in [1.29, 1.82) is 0 Å². The van der Waals surface area contributed by atoms with Crippen molar-refractivity contribution in [2.24, 2.45) is 0 Å². The zero-order valence-corrected chi connectivity index (χ0v) is 14.7. The summed E-state index contributed by atoms with van der Waals surface area (Å²) in [7, 11) is 0. The number of nitrogens with zero attached hydrogens (tertiary/aromatic N) is 1. The maximum Gasteiger partial charge on any atom is 0.0414 e. The van der Waals surface area contributed by atoms with Gasteiger partial charge in [0.25, 0.3) is 0 Å².